The first-order valence-electron chi connectivity index (χ1n) is 6.74. The molecule has 0 heterocycles. The van der Waals surface area contributed by atoms with Gasteiger partial charge in [0.2, 0.25) is 5.82 Å². The second-order valence-electron chi connectivity index (χ2n) is 4.90. The molecule has 1 amide bonds. The molecule has 1 aromatic rings. The summed E-state index contributed by atoms with van der Waals surface area (Å²) >= 11 is 0. The molecule has 1 aromatic carbocycles. The number of halogens is 2. The van der Waals surface area contributed by atoms with Crippen LogP contribution < -0.4 is 0 Å². The number of hydrogen-bond donors (Lipinski definition) is 0. The Hall–Kier alpha value is -2.05. The second-order valence-corrected chi connectivity index (χ2v) is 4.90. The fourth-order valence-electron chi connectivity index (χ4n) is 1.89. The van der Waals surface area contributed by atoms with Crippen molar-refractivity contribution in [1.29, 1.82) is 0 Å². The zero-order valence-electron chi connectivity index (χ0n) is 12.2. The molecule has 0 N–H and O–H groups in total. The predicted molar refractivity (Wildman–Crippen MR) is 74.0 cm³/mol. The van der Waals surface area contributed by atoms with Gasteiger partial charge in [0.25, 0.3) is 5.91 Å². The number of nitrogens with zero attached hydrogens (tertiary/aromatic N) is 2. The monoisotopic (exact) mass is 300 g/mol. The van der Waals surface area contributed by atoms with E-state index in [1.54, 1.807) is 6.92 Å². The third-order valence-electron chi connectivity index (χ3n) is 3.34. The van der Waals surface area contributed by atoms with Crippen molar-refractivity contribution < 1.29 is 18.5 Å². The van der Waals surface area contributed by atoms with Crippen molar-refractivity contribution in [2.75, 3.05) is 13.1 Å². The van der Waals surface area contributed by atoms with Crippen molar-refractivity contribution in [1.82, 2.24) is 4.90 Å². The van der Waals surface area contributed by atoms with E-state index in [9.17, 15) is 23.7 Å². The lowest BCUT2D eigenvalue weighted by molar-refractivity contribution is -0.387. The summed E-state index contributed by atoms with van der Waals surface area (Å²) in [5.41, 5.74) is -1.63. The molecule has 1 rings (SSSR count). The van der Waals surface area contributed by atoms with Crippen LogP contribution in [0.2, 0.25) is 0 Å². The number of amides is 1. The normalized spacial score (nSPS) is 12.0. The molecule has 5 nitrogen and oxygen atoms in total. The van der Waals surface area contributed by atoms with E-state index in [2.05, 4.69) is 0 Å². The molecule has 0 aliphatic rings. The van der Waals surface area contributed by atoms with E-state index < -0.39 is 33.7 Å². The average Bonchev–Trinajstić information content (AvgIpc) is 2.45. The van der Waals surface area contributed by atoms with Gasteiger partial charge < -0.3 is 4.90 Å². The van der Waals surface area contributed by atoms with Crippen LogP contribution in [0.3, 0.4) is 0 Å². The molecular formula is C14H18F2N2O3. The standard InChI is InChI=1S/C14H18F2N2O3/c1-4-9(3)8-17(5-2)14(19)11-6-10(15)7-12(13(11)16)18(20)21/h6-7,9H,4-5,8H2,1-3H3. The summed E-state index contributed by atoms with van der Waals surface area (Å²) in [7, 11) is 0. The highest BCUT2D eigenvalue weighted by molar-refractivity contribution is 5.95. The minimum absolute atomic E-state index is 0.195. The minimum Gasteiger partial charge on any atom is -0.339 e. The first kappa shape index (κ1) is 17.0. The lowest BCUT2D eigenvalue weighted by atomic mass is 10.1. The molecule has 0 spiro atoms. The van der Waals surface area contributed by atoms with Crippen LogP contribution in [-0.4, -0.2) is 28.8 Å². The molecule has 0 aliphatic heterocycles. The zero-order valence-corrected chi connectivity index (χ0v) is 12.2. The Morgan fingerprint density at radius 3 is 2.48 bits per heavy atom. The molecular weight excluding hydrogens is 282 g/mol. The maximum atomic E-state index is 14.0. The molecule has 1 atom stereocenters. The van der Waals surface area contributed by atoms with Gasteiger partial charge in [-0.1, -0.05) is 20.3 Å². The molecule has 0 fully saturated rings. The quantitative estimate of drug-likeness (QED) is 0.597. The topological polar surface area (TPSA) is 63.5 Å². The summed E-state index contributed by atoms with van der Waals surface area (Å²) in [5.74, 6) is -2.85. The number of rotatable bonds is 6. The Kier molecular flexibility index (Phi) is 5.75. The molecule has 0 bridgehead atoms. The first-order valence-corrected chi connectivity index (χ1v) is 6.74. The van der Waals surface area contributed by atoms with Crippen LogP contribution in [0.4, 0.5) is 14.5 Å². The van der Waals surface area contributed by atoms with E-state index in [1.165, 1.54) is 4.90 Å². The SMILES string of the molecule is CCC(C)CN(CC)C(=O)c1cc(F)cc([N+](=O)[O-])c1F. The Balaban J connectivity index is 3.19. The zero-order chi connectivity index (χ0) is 16.2. The Morgan fingerprint density at radius 2 is 2.00 bits per heavy atom. The summed E-state index contributed by atoms with van der Waals surface area (Å²) in [5, 5.41) is 10.7. The van der Waals surface area contributed by atoms with Gasteiger partial charge in [-0.3, -0.25) is 14.9 Å². The van der Waals surface area contributed by atoms with Gasteiger partial charge in [0.1, 0.15) is 5.82 Å². The van der Waals surface area contributed by atoms with E-state index in [1.807, 2.05) is 13.8 Å². The minimum atomic E-state index is -1.30. The van der Waals surface area contributed by atoms with Gasteiger partial charge >= 0.3 is 5.69 Å². The molecule has 1 unspecified atom stereocenters. The van der Waals surface area contributed by atoms with Gasteiger partial charge in [-0.15, -0.1) is 0 Å². The van der Waals surface area contributed by atoms with E-state index in [0.717, 1.165) is 6.42 Å². The number of hydrogen-bond acceptors (Lipinski definition) is 3. The van der Waals surface area contributed by atoms with Crippen LogP contribution in [0.15, 0.2) is 12.1 Å². The number of carbonyl (C=O) groups excluding carboxylic acids is 1. The van der Waals surface area contributed by atoms with Crippen molar-refractivity contribution in [2.24, 2.45) is 5.92 Å². The largest absolute Gasteiger partial charge is 0.339 e. The van der Waals surface area contributed by atoms with E-state index in [0.29, 0.717) is 25.2 Å². The maximum Gasteiger partial charge on any atom is 0.308 e. The molecule has 0 saturated heterocycles. The molecule has 0 saturated carbocycles. The summed E-state index contributed by atoms with van der Waals surface area (Å²) in [4.78, 5) is 23.3. The first-order chi connectivity index (χ1) is 9.81. The highest BCUT2D eigenvalue weighted by atomic mass is 19.1. The second kappa shape index (κ2) is 7.10. The molecule has 0 aromatic heterocycles. The van der Waals surface area contributed by atoms with Crippen molar-refractivity contribution in [3.05, 3.63) is 39.4 Å². The highest BCUT2D eigenvalue weighted by Crippen LogP contribution is 2.24. The smallest absolute Gasteiger partial charge is 0.308 e. The predicted octanol–water partition coefficient (Wildman–Crippen LogP) is 3.38. The van der Waals surface area contributed by atoms with Gasteiger partial charge in [0.15, 0.2) is 0 Å². The Labute approximate surface area is 121 Å². The highest BCUT2D eigenvalue weighted by Gasteiger charge is 2.27. The van der Waals surface area contributed by atoms with E-state index in [-0.39, 0.29) is 5.92 Å². The summed E-state index contributed by atoms with van der Waals surface area (Å²) in [6.07, 6.45) is 0.829. The third kappa shape index (κ3) is 3.96. The van der Waals surface area contributed by atoms with Crippen molar-refractivity contribution >= 4 is 11.6 Å². The van der Waals surface area contributed by atoms with Gasteiger partial charge in [-0.05, 0) is 18.9 Å². The number of carbonyl (C=O) groups is 1. The average molecular weight is 300 g/mol. The van der Waals surface area contributed by atoms with Crippen molar-refractivity contribution in [2.45, 2.75) is 27.2 Å². The molecule has 0 aliphatic carbocycles. The fourth-order valence-corrected chi connectivity index (χ4v) is 1.89. The van der Waals surface area contributed by atoms with Crippen LogP contribution >= 0.6 is 0 Å². The van der Waals surface area contributed by atoms with Crippen molar-refractivity contribution in [3.8, 4) is 0 Å². The summed E-state index contributed by atoms with van der Waals surface area (Å²) in [6, 6.07) is 1.17. The Bertz CT molecular complexity index is 549. The summed E-state index contributed by atoms with van der Waals surface area (Å²) < 4.78 is 27.4. The lowest BCUT2D eigenvalue weighted by Gasteiger charge is -2.24. The van der Waals surface area contributed by atoms with Crippen LogP contribution in [0.5, 0.6) is 0 Å². The number of benzene rings is 1. The summed E-state index contributed by atoms with van der Waals surface area (Å²) in [6.45, 7) is 6.30. The van der Waals surface area contributed by atoms with E-state index in [4.69, 9.17) is 0 Å². The fraction of sp³-hybridized carbons (Fsp3) is 0.500. The van der Waals surface area contributed by atoms with Gasteiger partial charge in [0, 0.05) is 13.1 Å². The third-order valence-corrected chi connectivity index (χ3v) is 3.34. The van der Waals surface area contributed by atoms with Gasteiger partial charge in [-0.2, -0.15) is 4.39 Å². The van der Waals surface area contributed by atoms with Crippen LogP contribution in [0, 0.1) is 27.7 Å². The molecule has 21 heavy (non-hydrogen) atoms. The Morgan fingerprint density at radius 1 is 1.38 bits per heavy atom. The number of nitro benzene ring substituents is 1. The van der Waals surface area contributed by atoms with Crippen LogP contribution in [-0.2, 0) is 0 Å². The van der Waals surface area contributed by atoms with Gasteiger partial charge in [-0.25, -0.2) is 4.39 Å². The lowest BCUT2D eigenvalue weighted by Crippen LogP contribution is -2.35. The molecule has 0 radical (unpaired) electrons. The van der Waals surface area contributed by atoms with E-state index >= 15 is 0 Å². The molecule has 7 heteroatoms. The maximum absolute atomic E-state index is 14.0. The van der Waals surface area contributed by atoms with Crippen molar-refractivity contribution in [3.63, 3.8) is 0 Å². The van der Waals surface area contributed by atoms with Crippen LogP contribution in [0.1, 0.15) is 37.6 Å². The van der Waals surface area contributed by atoms with Gasteiger partial charge in [0.05, 0.1) is 16.6 Å². The molecule has 116 valence electrons. The van der Waals surface area contributed by atoms with Crippen LogP contribution in [0.25, 0.3) is 0 Å². The number of nitro groups is 1.